The maximum atomic E-state index is 12.8. The number of rotatable bonds is 2. The van der Waals surface area contributed by atoms with E-state index in [9.17, 15) is 8.78 Å². The summed E-state index contributed by atoms with van der Waals surface area (Å²) in [5.74, 6) is 0.503. The monoisotopic (exact) mass is 276 g/mol. The van der Waals surface area contributed by atoms with E-state index in [-0.39, 0.29) is 17.6 Å². The molecule has 2 aromatic rings. The predicted octanol–water partition coefficient (Wildman–Crippen LogP) is 5.90. The van der Waals surface area contributed by atoms with Crippen LogP contribution in [0.15, 0.2) is 48.5 Å². The Morgan fingerprint density at radius 3 is 1.65 bits per heavy atom. The molecule has 0 nitrogen and oxygen atoms in total. The van der Waals surface area contributed by atoms with Crippen molar-refractivity contribution in [3.8, 4) is 0 Å². The highest BCUT2D eigenvalue weighted by atomic mass is 19.1. The second kappa shape index (κ2) is 7.78. The molecule has 0 saturated heterocycles. The van der Waals surface area contributed by atoms with Crippen LogP contribution in [-0.2, 0) is 0 Å². The van der Waals surface area contributed by atoms with Crippen LogP contribution in [-0.4, -0.2) is 0 Å². The zero-order chi connectivity index (χ0) is 15.1. The maximum absolute atomic E-state index is 12.8. The molecular weight excluding hydrogens is 254 g/mol. The molecule has 0 atom stereocenters. The van der Waals surface area contributed by atoms with Gasteiger partial charge >= 0.3 is 0 Å². The molecule has 108 valence electrons. The topological polar surface area (TPSA) is 0 Å². The first-order chi connectivity index (χ1) is 9.41. The van der Waals surface area contributed by atoms with Crippen LogP contribution < -0.4 is 0 Å². The molecular formula is C18H22F2. The third-order valence-corrected chi connectivity index (χ3v) is 3.06. The summed E-state index contributed by atoms with van der Waals surface area (Å²) >= 11 is 0. The van der Waals surface area contributed by atoms with Gasteiger partial charge in [0.2, 0.25) is 0 Å². The smallest absolute Gasteiger partial charge is 0.126 e. The van der Waals surface area contributed by atoms with Crippen LogP contribution in [0.4, 0.5) is 8.78 Å². The van der Waals surface area contributed by atoms with Gasteiger partial charge in [-0.1, -0.05) is 58.0 Å². The number of halogens is 2. The Morgan fingerprint density at radius 1 is 0.700 bits per heavy atom. The summed E-state index contributed by atoms with van der Waals surface area (Å²) in [4.78, 5) is 0. The van der Waals surface area contributed by atoms with Crippen LogP contribution in [0.25, 0.3) is 0 Å². The predicted molar refractivity (Wildman–Crippen MR) is 81.0 cm³/mol. The van der Waals surface area contributed by atoms with Gasteiger partial charge in [0.15, 0.2) is 0 Å². The molecule has 20 heavy (non-hydrogen) atoms. The van der Waals surface area contributed by atoms with Crippen molar-refractivity contribution in [3.05, 3.63) is 71.3 Å². The van der Waals surface area contributed by atoms with E-state index in [0.29, 0.717) is 5.92 Å². The van der Waals surface area contributed by atoms with E-state index in [1.807, 2.05) is 38.1 Å². The van der Waals surface area contributed by atoms with Gasteiger partial charge in [0.05, 0.1) is 0 Å². The second-order valence-electron chi connectivity index (χ2n) is 5.38. The summed E-state index contributed by atoms with van der Waals surface area (Å²) in [7, 11) is 0. The first kappa shape index (κ1) is 16.4. The van der Waals surface area contributed by atoms with Gasteiger partial charge < -0.3 is 0 Å². The van der Waals surface area contributed by atoms with Crippen LogP contribution in [0.5, 0.6) is 0 Å². The highest BCUT2D eigenvalue weighted by molar-refractivity contribution is 5.20. The number of hydrogen-bond donors (Lipinski definition) is 0. The van der Waals surface area contributed by atoms with Crippen LogP contribution in [0, 0.1) is 11.6 Å². The first-order valence-corrected chi connectivity index (χ1v) is 6.91. The molecule has 2 aromatic carbocycles. The Kier molecular flexibility index (Phi) is 6.37. The normalized spacial score (nSPS) is 10.4. The molecule has 0 unspecified atom stereocenters. The highest BCUT2D eigenvalue weighted by Gasteiger charge is 2.02. The third-order valence-electron chi connectivity index (χ3n) is 3.06. The molecule has 0 spiro atoms. The molecule has 0 aliphatic carbocycles. The van der Waals surface area contributed by atoms with Gasteiger partial charge in [0, 0.05) is 0 Å². The fourth-order valence-corrected chi connectivity index (χ4v) is 1.79. The van der Waals surface area contributed by atoms with Crippen molar-refractivity contribution in [2.24, 2.45) is 0 Å². The summed E-state index contributed by atoms with van der Waals surface area (Å²) in [5.41, 5.74) is 1.98. The number of benzene rings is 2. The minimum atomic E-state index is -0.163. The lowest BCUT2D eigenvalue weighted by Crippen LogP contribution is -1.90. The Labute approximate surface area is 120 Å². The van der Waals surface area contributed by atoms with Crippen LogP contribution in [0.3, 0.4) is 0 Å². The maximum Gasteiger partial charge on any atom is 0.126 e. The van der Waals surface area contributed by atoms with Crippen molar-refractivity contribution in [2.75, 3.05) is 0 Å². The minimum Gasteiger partial charge on any atom is -0.207 e. The average Bonchev–Trinajstić information content (AvgIpc) is 2.40. The van der Waals surface area contributed by atoms with Crippen molar-refractivity contribution >= 4 is 0 Å². The lowest BCUT2D eigenvalue weighted by atomic mass is 10.0. The van der Waals surface area contributed by atoms with E-state index in [1.54, 1.807) is 6.07 Å². The van der Waals surface area contributed by atoms with Gasteiger partial charge in [-0.05, 0) is 41.2 Å². The summed E-state index contributed by atoms with van der Waals surface area (Å²) in [5, 5.41) is 0. The summed E-state index contributed by atoms with van der Waals surface area (Å²) in [6.45, 7) is 8.15. The molecule has 0 radical (unpaired) electrons. The van der Waals surface area contributed by atoms with E-state index in [4.69, 9.17) is 0 Å². The molecule has 0 bridgehead atoms. The zero-order valence-electron chi connectivity index (χ0n) is 12.5. The Balaban J connectivity index is 0.000000200. The molecule has 2 heteroatoms. The third kappa shape index (κ3) is 5.12. The molecule has 0 aromatic heterocycles. The van der Waals surface area contributed by atoms with E-state index >= 15 is 0 Å². The Hall–Kier alpha value is -1.70. The second-order valence-corrected chi connectivity index (χ2v) is 5.38. The van der Waals surface area contributed by atoms with Crippen molar-refractivity contribution in [1.82, 2.24) is 0 Å². The van der Waals surface area contributed by atoms with Crippen molar-refractivity contribution < 1.29 is 8.78 Å². The molecule has 0 fully saturated rings. The summed E-state index contributed by atoms with van der Waals surface area (Å²) in [6, 6.07) is 13.5. The quantitative estimate of drug-likeness (QED) is 0.640. The molecule has 0 heterocycles. The summed E-state index contributed by atoms with van der Waals surface area (Å²) in [6.07, 6.45) is 0. The molecule has 0 N–H and O–H groups in total. The average molecular weight is 276 g/mol. The van der Waals surface area contributed by atoms with Gasteiger partial charge in [0.1, 0.15) is 11.6 Å². The van der Waals surface area contributed by atoms with Crippen molar-refractivity contribution in [2.45, 2.75) is 39.5 Å². The van der Waals surface area contributed by atoms with Gasteiger partial charge in [0.25, 0.3) is 0 Å². The van der Waals surface area contributed by atoms with E-state index in [0.717, 1.165) is 5.56 Å². The van der Waals surface area contributed by atoms with Crippen LogP contribution >= 0.6 is 0 Å². The van der Waals surface area contributed by atoms with Gasteiger partial charge in [-0.2, -0.15) is 0 Å². The van der Waals surface area contributed by atoms with Crippen LogP contribution in [0.1, 0.15) is 50.7 Å². The lowest BCUT2D eigenvalue weighted by Gasteiger charge is -2.04. The largest absolute Gasteiger partial charge is 0.207 e. The fraction of sp³-hybridized carbons (Fsp3) is 0.333. The molecule has 2 rings (SSSR count). The number of hydrogen-bond acceptors (Lipinski definition) is 0. The summed E-state index contributed by atoms with van der Waals surface area (Å²) < 4.78 is 25.2. The standard InChI is InChI=1S/2C9H11F/c1-7(2)8-3-5-9(10)6-4-8;1-7(2)8-5-3-4-6-9(8)10/h2*3-7H,1-2H3. The Bertz CT molecular complexity index is 513. The first-order valence-electron chi connectivity index (χ1n) is 6.91. The van der Waals surface area contributed by atoms with Crippen molar-refractivity contribution in [3.63, 3.8) is 0 Å². The molecule has 0 aliphatic heterocycles. The van der Waals surface area contributed by atoms with E-state index in [1.165, 1.54) is 23.8 Å². The fourth-order valence-electron chi connectivity index (χ4n) is 1.79. The lowest BCUT2D eigenvalue weighted by molar-refractivity contribution is 0.598. The highest BCUT2D eigenvalue weighted by Crippen LogP contribution is 2.16. The van der Waals surface area contributed by atoms with Gasteiger partial charge in [-0.25, -0.2) is 8.78 Å². The molecule has 0 aliphatic rings. The Morgan fingerprint density at radius 2 is 1.25 bits per heavy atom. The SMILES string of the molecule is CC(C)c1ccc(F)cc1.CC(C)c1ccccc1F. The van der Waals surface area contributed by atoms with Gasteiger partial charge in [-0.15, -0.1) is 0 Å². The minimum absolute atomic E-state index is 0.0995. The van der Waals surface area contributed by atoms with Gasteiger partial charge in [-0.3, -0.25) is 0 Å². The van der Waals surface area contributed by atoms with E-state index in [2.05, 4.69) is 13.8 Å². The molecule has 0 saturated carbocycles. The van der Waals surface area contributed by atoms with Crippen molar-refractivity contribution in [1.29, 1.82) is 0 Å². The van der Waals surface area contributed by atoms with Crippen LogP contribution in [0.2, 0.25) is 0 Å². The zero-order valence-corrected chi connectivity index (χ0v) is 12.5. The molecule has 0 amide bonds. The van der Waals surface area contributed by atoms with E-state index < -0.39 is 0 Å².